The second-order valence-corrected chi connectivity index (χ2v) is 10.5. The van der Waals surface area contributed by atoms with Gasteiger partial charge in [0.15, 0.2) is 0 Å². The molecule has 0 spiro atoms. The van der Waals surface area contributed by atoms with Gasteiger partial charge in [-0.3, -0.25) is 4.79 Å². The maximum absolute atomic E-state index is 13.5. The second-order valence-electron chi connectivity index (χ2n) is 9.38. The summed E-state index contributed by atoms with van der Waals surface area (Å²) >= 11 is 1.42. The molecule has 1 aliphatic carbocycles. The van der Waals surface area contributed by atoms with E-state index in [0.717, 1.165) is 24.2 Å². The van der Waals surface area contributed by atoms with Crippen LogP contribution in [0.3, 0.4) is 0 Å². The molecule has 170 valence electrons. The molecule has 1 amide bonds. The molecule has 1 aliphatic rings. The number of nitrogens with zero attached hydrogens (tertiary/aromatic N) is 1. The Bertz CT molecular complexity index is 837. The van der Waals surface area contributed by atoms with Gasteiger partial charge in [0, 0.05) is 17.0 Å². The van der Waals surface area contributed by atoms with Gasteiger partial charge in [-0.2, -0.15) is 0 Å². The number of nitrogens with two attached hydrogens (primary N) is 1. The molecule has 0 radical (unpaired) electrons. The maximum atomic E-state index is 13.5. The van der Waals surface area contributed by atoms with Gasteiger partial charge in [-0.15, -0.1) is 0 Å². The summed E-state index contributed by atoms with van der Waals surface area (Å²) in [5.41, 5.74) is 5.36. The lowest BCUT2D eigenvalue weighted by Crippen LogP contribution is -2.53. The van der Waals surface area contributed by atoms with E-state index < -0.39 is 0 Å². The van der Waals surface area contributed by atoms with E-state index in [1.54, 1.807) is 0 Å². The van der Waals surface area contributed by atoms with Crippen LogP contribution in [-0.4, -0.2) is 29.8 Å². The maximum Gasteiger partial charge on any atom is 0.291 e. The molecule has 1 aromatic heterocycles. The zero-order valence-corrected chi connectivity index (χ0v) is 19.8. The van der Waals surface area contributed by atoms with Crippen LogP contribution in [0.25, 0.3) is 0 Å². The van der Waals surface area contributed by atoms with Crippen molar-refractivity contribution in [2.24, 2.45) is 23.5 Å². The number of hydrogen-bond donors (Lipinski definition) is 2. The number of benzene rings is 1. The molecule has 0 aliphatic heterocycles. The summed E-state index contributed by atoms with van der Waals surface area (Å²) in [4.78, 5) is 15.0. The van der Waals surface area contributed by atoms with Gasteiger partial charge in [0.2, 0.25) is 5.76 Å². The van der Waals surface area contributed by atoms with Crippen LogP contribution >= 0.6 is 11.8 Å². The Morgan fingerprint density at radius 1 is 1.29 bits per heavy atom. The van der Waals surface area contributed by atoms with E-state index in [4.69, 9.17) is 15.0 Å². The number of hydrogen-bond acceptors (Lipinski definition) is 6. The van der Waals surface area contributed by atoms with Gasteiger partial charge in [0.1, 0.15) is 11.5 Å². The summed E-state index contributed by atoms with van der Waals surface area (Å²) in [6.45, 7) is 9.64. The molecule has 3 N–H and O–H groups in total. The quantitative estimate of drug-likeness (QED) is 0.556. The summed E-state index contributed by atoms with van der Waals surface area (Å²) < 4.78 is 11.2. The Morgan fingerprint density at radius 3 is 2.58 bits per heavy atom. The average Bonchev–Trinajstić information content (AvgIpc) is 3.08. The molecule has 1 aromatic carbocycles. The predicted octanol–water partition coefficient (Wildman–Crippen LogP) is 5.13. The summed E-state index contributed by atoms with van der Waals surface area (Å²) in [6.07, 6.45) is 4.10. The van der Waals surface area contributed by atoms with Crippen LogP contribution in [0.5, 0.6) is 5.88 Å². The average molecular weight is 446 g/mol. The van der Waals surface area contributed by atoms with Crippen LogP contribution in [0.1, 0.15) is 63.9 Å². The minimum absolute atomic E-state index is 0.204. The van der Waals surface area contributed by atoms with Crippen molar-refractivity contribution in [1.29, 1.82) is 0 Å². The van der Waals surface area contributed by atoms with Crippen molar-refractivity contribution < 1.29 is 14.1 Å². The largest absolute Gasteiger partial charge is 0.473 e. The Hall–Kier alpha value is -1.99. The number of carbonyl (C=O) groups excluding carboxylic acids is 1. The molecule has 1 saturated carbocycles. The number of rotatable bonds is 9. The summed E-state index contributed by atoms with van der Waals surface area (Å²) in [6, 6.07) is 9.84. The molecule has 3 rings (SSSR count). The smallest absolute Gasteiger partial charge is 0.291 e. The second kappa shape index (κ2) is 10.6. The minimum atomic E-state index is -0.234. The van der Waals surface area contributed by atoms with E-state index in [0.29, 0.717) is 41.7 Å². The first kappa shape index (κ1) is 23.7. The van der Waals surface area contributed by atoms with Crippen LogP contribution in [0.4, 0.5) is 0 Å². The minimum Gasteiger partial charge on any atom is -0.473 e. The number of carbonyl (C=O) groups is 1. The van der Waals surface area contributed by atoms with Crippen molar-refractivity contribution in [1.82, 2.24) is 10.5 Å². The van der Waals surface area contributed by atoms with Crippen LogP contribution < -0.4 is 15.8 Å². The van der Waals surface area contributed by atoms with E-state index in [9.17, 15) is 4.79 Å². The van der Waals surface area contributed by atoms with Crippen LogP contribution in [0.2, 0.25) is 0 Å². The molecular formula is C24H35N3O3S. The van der Waals surface area contributed by atoms with Gasteiger partial charge in [0.25, 0.3) is 11.8 Å². The Balaban J connectivity index is 1.89. The van der Waals surface area contributed by atoms with Gasteiger partial charge in [0.05, 0.1) is 0 Å². The molecule has 2 unspecified atom stereocenters. The highest BCUT2D eigenvalue weighted by atomic mass is 32.2. The Labute approximate surface area is 189 Å². The number of nitrogens with one attached hydrogen (secondary N) is 1. The van der Waals surface area contributed by atoms with Crippen molar-refractivity contribution in [3.05, 3.63) is 36.1 Å². The van der Waals surface area contributed by atoms with Gasteiger partial charge in [-0.1, -0.05) is 57.7 Å². The Morgan fingerprint density at radius 2 is 1.97 bits per heavy atom. The molecule has 0 bridgehead atoms. The molecule has 0 saturated heterocycles. The van der Waals surface area contributed by atoms with Crippen molar-refractivity contribution in [2.45, 2.75) is 68.7 Å². The van der Waals surface area contributed by atoms with Crippen LogP contribution in [-0.2, 0) is 0 Å². The van der Waals surface area contributed by atoms with E-state index in [2.05, 4.69) is 38.2 Å². The number of amides is 1. The molecule has 1 heterocycles. The SMILES string of the molecule is CC(C)CC1(NC(=O)c2onc(OCCN)c2Sc2ccccc2)CC(C)CC(C)C1. The highest BCUT2D eigenvalue weighted by Crippen LogP contribution is 2.41. The fraction of sp³-hybridized carbons (Fsp3) is 0.583. The third-order valence-electron chi connectivity index (χ3n) is 5.61. The third-order valence-corrected chi connectivity index (χ3v) is 6.68. The first-order chi connectivity index (χ1) is 14.8. The zero-order chi connectivity index (χ0) is 22.4. The lowest BCUT2D eigenvalue weighted by molar-refractivity contribution is 0.0719. The third kappa shape index (κ3) is 6.26. The fourth-order valence-corrected chi connectivity index (χ4v) is 5.96. The molecule has 2 aromatic rings. The molecule has 6 nitrogen and oxygen atoms in total. The monoisotopic (exact) mass is 445 g/mol. The molecule has 1 fully saturated rings. The van der Waals surface area contributed by atoms with E-state index >= 15 is 0 Å². The van der Waals surface area contributed by atoms with E-state index in [-0.39, 0.29) is 17.2 Å². The first-order valence-electron chi connectivity index (χ1n) is 11.2. The van der Waals surface area contributed by atoms with Crippen LogP contribution in [0.15, 0.2) is 44.6 Å². The molecule has 2 atom stereocenters. The highest BCUT2D eigenvalue weighted by Gasteiger charge is 2.41. The van der Waals surface area contributed by atoms with Gasteiger partial charge < -0.3 is 20.3 Å². The van der Waals surface area contributed by atoms with Crippen molar-refractivity contribution >= 4 is 17.7 Å². The summed E-state index contributed by atoms with van der Waals surface area (Å²) in [5, 5.41) is 7.41. The summed E-state index contributed by atoms with van der Waals surface area (Å²) in [7, 11) is 0. The van der Waals surface area contributed by atoms with E-state index in [1.165, 1.54) is 18.2 Å². The lowest BCUT2D eigenvalue weighted by Gasteiger charge is -2.44. The van der Waals surface area contributed by atoms with Crippen molar-refractivity contribution in [2.75, 3.05) is 13.2 Å². The van der Waals surface area contributed by atoms with Gasteiger partial charge in [-0.25, -0.2) is 0 Å². The normalized spacial score (nSPS) is 23.7. The van der Waals surface area contributed by atoms with Crippen molar-refractivity contribution in [3.63, 3.8) is 0 Å². The fourth-order valence-electron chi connectivity index (χ4n) is 5.03. The summed E-state index contributed by atoms with van der Waals surface area (Å²) in [5.74, 6) is 1.91. The number of aromatic nitrogens is 1. The Kier molecular flexibility index (Phi) is 8.06. The van der Waals surface area contributed by atoms with E-state index in [1.807, 2.05) is 30.3 Å². The molecule has 31 heavy (non-hydrogen) atoms. The predicted molar refractivity (Wildman–Crippen MR) is 123 cm³/mol. The number of ether oxygens (including phenoxy) is 1. The van der Waals surface area contributed by atoms with Crippen LogP contribution in [0, 0.1) is 17.8 Å². The van der Waals surface area contributed by atoms with Gasteiger partial charge >= 0.3 is 0 Å². The molecular weight excluding hydrogens is 410 g/mol. The topological polar surface area (TPSA) is 90.4 Å². The molecule has 7 heteroatoms. The first-order valence-corrected chi connectivity index (χ1v) is 12.0. The van der Waals surface area contributed by atoms with Gasteiger partial charge in [-0.05, 0) is 60.7 Å². The zero-order valence-electron chi connectivity index (χ0n) is 19.0. The standard InChI is InChI=1S/C24H35N3O3S/c1-16(2)13-24(14-17(3)12-18(4)15-24)26-22(28)20-21(23(27-30-20)29-11-10-25)31-19-8-6-5-7-9-19/h5-9,16-18H,10-15,25H2,1-4H3,(H,26,28). The highest BCUT2D eigenvalue weighted by molar-refractivity contribution is 7.99. The lowest BCUT2D eigenvalue weighted by atomic mass is 9.68. The van der Waals surface area contributed by atoms with Crippen molar-refractivity contribution in [3.8, 4) is 5.88 Å².